The molecule has 0 N–H and O–H groups in total. The molecule has 0 radical (unpaired) electrons. The van der Waals surface area contributed by atoms with Gasteiger partial charge in [-0.15, -0.1) is 0 Å². The first-order valence-electron chi connectivity index (χ1n) is 7.20. The average Bonchev–Trinajstić information content (AvgIpc) is 2.56. The molecule has 0 aliphatic heterocycles. The van der Waals surface area contributed by atoms with E-state index in [0.717, 1.165) is 0 Å². The van der Waals surface area contributed by atoms with Gasteiger partial charge in [-0.05, 0) is 36.4 Å². The zero-order chi connectivity index (χ0) is 18.4. The monoisotopic (exact) mass is 535 g/mol. The average molecular weight is 539 g/mol. The van der Waals surface area contributed by atoms with Crippen LogP contribution in [0.2, 0.25) is 0 Å². The molecule has 0 aromatic heterocycles. The third-order valence-corrected chi connectivity index (χ3v) is 5.92. The Morgan fingerprint density at radius 2 is 0.640 bits per heavy atom. The molecule has 7 heteroatoms. The molecule has 0 heterocycles. The van der Waals surface area contributed by atoms with Crippen LogP contribution in [-0.2, 0) is 9.02 Å². The Balaban J connectivity index is 0.000000326. The molecule has 0 aliphatic rings. The number of benzene rings is 3. The van der Waals surface area contributed by atoms with Crippen molar-refractivity contribution in [1.29, 1.82) is 0 Å². The smallest absolute Gasteiger partial charge is 0.0620 e. The molecule has 3 aromatic rings. The van der Waals surface area contributed by atoms with Crippen molar-refractivity contribution >= 4 is 71.8 Å². The number of halogens is 5. The molecule has 0 atom stereocenters. The maximum atomic E-state index is 5.03. The molecule has 25 heavy (non-hydrogen) atoms. The van der Waals surface area contributed by atoms with Crippen molar-refractivity contribution in [3.63, 3.8) is 0 Å². The van der Waals surface area contributed by atoms with Crippen LogP contribution in [0.5, 0.6) is 0 Å². The van der Waals surface area contributed by atoms with E-state index in [1.807, 2.05) is 0 Å². The molecule has 0 bridgehead atoms. The van der Waals surface area contributed by atoms with Gasteiger partial charge in [-0.25, -0.2) is 0 Å². The Kier molecular flexibility index (Phi) is 8.08. The van der Waals surface area contributed by atoms with Crippen LogP contribution in [0, 0.1) is 0 Å². The first kappa shape index (κ1) is 21.5. The Hall–Kier alpha value is 0.189. The van der Waals surface area contributed by atoms with Crippen LogP contribution in [0.25, 0.3) is 0 Å². The van der Waals surface area contributed by atoms with Crippen LogP contribution >= 0.6 is 55.8 Å². The van der Waals surface area contributed by atoms with Crippen LogP contribution in [0.15, 0.2) is 91.0 Å². The van der Waals surface area contributed by atoms with E-state index < -0.39 is 16.9 Å². The minimum absolute atomic E-state index is 0.877. The maximum absolute atomic E-state index is 5.03. The molecular weight excluding hydrogens is 522 g/mol. The second-order valence-corrected chi connectivity index (χ2v) is 35.7. The Morgan fingerprint density at radius 3 is 0.840 bits per heavy atom. The summed E-state index contributed by atoms with van der Waals surface area (Å²) in [5, 5.41) is 4.31. The topological polar surface area (TPSA) is 0 Å². The van der Waals surface area contributed by atoms with Gasteiger partial charge in [0, 0.05) is 0 Å². The van der Waals surface area contributed by atoms with Crippen molar-refractivity contribution in [2.24, 2.45) is 0 Å². The summed E-state index contributed by atoms with van der Waals surface area (Å²) in [6.07, 6.45) is 0. The SMILES string of the molecule is [Cl][Tc]([Cl])([Cl])([Cl])[Cl].c1ccc([PH+](c2ccccc2)c2ccccc2)cc1. The van der Waals surface area contributed by atoms with Crippen LogP contribution in [0.1, 0.15) is 0 Å². The Morgan fingerprint density at radius 1 is 0.440 bits per heavy atom. The molecule has 0 fully saturated rings. The van der Waals surface area contributed by atoms with Crippen molar-refractivity contribution in [2.45, 2.75) is 0 Å². The minimum atomic E-state index is -4.18. The third-order valence-electron chi connectivity index (χ3n) is 3.19. The minimum Gasteiger partial charge on any atom is -0.0620 e. The van der Waals surface area contributed by atoms with Gasteiger partial charge >= 0.3 is 56.9 Å². The molecular formula is C18H16Cl5PTc+. The summed E-state index contributed by atoms with van der Waals surface area (Å²) >= 11 is 0. The van der Waals surface area contributed by atoms with E-state index in [1.165, 1.54) is 15.9 Å². The predicted octanol–water partition coefficient (Wildman–Crippen LogP) is 6.62. The van der Waals surface area contributed by atoms with E-state index >= 15 is 0 Å². The molecule has 0 unspecified atom stereocenters. The van der Waals surface area contributed by atoms with Crippen molar-refractivity contribution in [3.8, 4) is 0 Å². The zero-order valence-corrected chi connectivity index (χ0v) is 19.6. The summed E-state index contributed by atoms with van der Waals surface area (Å²) in [4.78, 5) is 0. The molecule has 0 saturated carbocycles. The van der Waals surface area contributed by atoms with E-state index in [2.05, 4.69) is 91.0 Å². The van der Waals surface area contributed by atoms with Crippen LogP contribution in [0.4, 0.5) is 0 Å². The zero-order valence-electron chi connectivity index (χ0n) is 12.9. The fraction of sp³-hybridized carbons (Fsp3) is 0. The molecule has 0 spiro atoms. The van der Waals surface area contributed by atoms with Gasteiger partial charge in [0.05, 0.1) is 7.92 Å². The normalized spacial score (nSPS) is 12.6. The van der Waals surface area contributed by atoms with Crippen LogP contribution in [-0.4, -0.2) is 0 Å². The van der Waals surface area contributed by atoms with Crippen molar-refractivity contribution in [3.05, 3.63) is 91.0 Å². The molecule has 0 nitrogen and oxygen atoms in total. The summed E-state index contributed by atoms with van der Waals surface area (Å²) in [6, 6.07) is 32.5. The first-order valence-corrected chi connectivity index (χ1v) is 20.7. The molecule has 3 aromatic carbocycles. The Labute approximate surface area is 170 Å². The van der Waals surface area contributed by atoms with Gasteiger partial charge in [0.1, 0.15) is 15.9 Å². The largest absolute Gasteiger partial charge is 0.102 e. The van der Waals surface area contributed by atoms with Gasteiger partial charge in [-0.1, -0.05) is 54.6 Å². The van der Waals surface area contributed by atoms with E-state index in [-0.39, 0.29) is 0 Å². The van der Waals surface area contributed by atoms with Gasteiger partial charge in [0.2, 0.25) is 0 Å². The van der Waals surface area contributed by atoms with E-state index in [1.54, 1.807) is 0 Å². The van der Waals surface area contributed by atoms with E-state index in [0.29, 0.717) is 0 Å². The summed E-state index contributed by atoms with van der Waals surface area (Å²) in [5.41, 5.74) is 0. The Bertz CT molecular complexity index is 663. The van der Waals surface area contributed by atoms with Gasteiger partial charge in [-0.3, -0.25) is 0 Å². The van der Waals surface area contributed by atoms with Gasteiger partial charge in [-0.2, -0.15) is 0 Å². The third kappa shape index (κ3) is 9.09. The van der Waals surface area contributed by atoms with Crippen LogP contribution < -0.4 is 15.9 Å². The maximum Gasteiger partial charge on any atom is 0.102 e. The molecule has 134 valence electrons. The molecule has 0 amide bonds. The van der Waals surface area contributed by atoms with Gasteiger partial charge < -0.3 is 0 Å². The second-order valence-electron chi connectivity index (χ2n) is 5.01. The summed E-state index contributed by atoms with van der Waals surface area (Å²) < 4.78 is 0. The number of hydrogen-bond acceptors (Lipinski definition) is 0. The quantitative estimate of drug-likeness (QED) is 0.329. The summed E-state index contributed by atoms with van der Waals surface area (Å²) in [5.74, 6) is 0. The molecule has 0 aliphatic carbocycles. The number of rotatable bonds is 3. The summed E-state index contributed by atoms with van der Waals surface area (Å²) in [6.45, 7) is 0. The fourth-order valence-electron chi connectivity index (χ4n) is 2.31. The first-order chi connectivity index (χ1) is 11.7. The molecule has 3 rings (SSSR count). The van der Waals surface area contributed by atoms with E-state index in [4.69, 9.17) is 47.9 Å². The standard InChI is InChI=1S/C18H15P.5ClH.Tc/c1-4-10-16(11-5-1)19(17-12-6-2-7-13-17)18-14-8-3-9-15-18;;;;;;/h1-15H;5*1H;/q;;;;;;+5/p-4. The second kappa shape index (κ2) is 9.41. The van der Waals surface area contributed by atoms with Crippen LogP contribution in [0.3, 0.4) is 0 Å². The van der Waals surface area contributed by atoms with Gasteiger partial charge in [0.15, 0.2) is 0 Å². The molecule has 0 saturated heterocycles. The summed E-state index contributed by atoms with van der Waals surface area (Å²) in [7, 11) is 20.1. The van der Waals surface area contributed by atoms with E-state index in [9.17, 15) is 0 Å². The fourth-order valence-corrected chi connectivity index (χ4v) is 4.89. The predicted molar refractivity (Wildman–Crippen MR) is 116 cm³/mol. The van der Waals surface area contributed by atoms with Crippen molar-refractivity contribution in [2.75, 3.05) is 0 Å². The van der Waals surface area contributed by atoms with Crippen molar-refractivity contribution < 1.29 is 9.02 Å². The van der Waals surface area contributed by atoms with Crippen molar-refractivity contribution in [1.82, 2.24) is 0 Å². The number of hydrogen-bond donors (Lipinski definition) is 0. The van der Waals surface area contributed by atoms with Gasteiger partial charge in [0.25, 0.3) is 0 Å².